The Bertz CT molecular complexity index is 1080. The Morgan fingerprint density at radius 1 is 1.09 bits per heavy atom. The molecule has 2 aliphatic heterocycles. The fourth-order valence-electron chi connectivity index (χ4n) is 3.83. The Kier molecular flexibility index (Phi) is 7.15. The van der Waals surface area contributed by atoms with Gasteiger partial charge < -0.3 is 29.2 Å². The van der Waals surface area contributed by atoms with Crippen LogP contribution in [-0.2, 0) is 9.59 Å². The molecule has 4 rings (SSSR count). The highest BCUT2D eigenvalue weighted by Gasteiger charge is 2.27. The molecule has 2 amide bonds. The maximum absolute atomic E-state index is 12.6. The van der Waals surface area contributed by atoms with Gasteiger partial charge in [0.15, 0.2) is 23.0 Å². The van der Waals surface area contributed by atoms with E-state index in [9.17, 15) is 18.4 Å². The van der Waals surface area contributed by atoms with E-state index in [0.29, 0.717) is 48.7 Å². The monoisotopic (exact) mass is 474 g/mol. The molecule has 2 aromatic rings. The third-order valence-corrected chi connectivity index (χ3v) is 5.64. The molecule has 0 aromatic heterocycles. The summed E-state index contributed by atoms with van der Waals surface area (Å²) in [7, 11) is 1.35. The van der Waals surface area contributed by atoms with Crippen LogP contribution in [0.1, 0.15) is 18.4 Å². The lowest BCUT2D eigenvalue weighted by Gasteiger charge is -2.30. The first-order chi connectivity index (χ1) is 16.4. The molecule has 1 saturated heterocycles. The van der Waals surface area contributed by atoms with Gasteiger partial charge in [-0.15, -0.1) is 0 Å². The highest BCUT2D eigenvalue weighted by molar-refractivity contribution is 5.94. The summed E-state index contributed by atoms with van der Waals surface area (Å²) in [5.41, 5.74) is 1.24. The molecule has 0 spiro atoms. The Balaban J connectivity index is 1.28. The topological polar surface area (TPSA) is 86.3 Å². The minimum absolute atomic E-state index is 0.0814. The number of hydrogen-bond donors (Lipinski definition) is 1. The van der Waals surface area contributed by atoms with E-state index in [4.69, 9.17) is 14.2 Å². The lowest BCUT2D eigenvalue weighted by molar-refractivity contribution is -0.130. The number of hydrogen-bond acceptors (Lipinski definition) is 6. The number of fused-ring (bicyclic) bond motifs is 1. The zero-order valence-electron chi connectivity index (χ0n) is 18.5. The average Bonchev–Trinajstić information content (AvgIpc) is 3.31. The fourth-order valence-corrected chi connectivity index (χ4v) is 3.83. The van der Waals surface area contributed by atoms with Crippen molar-refractivity contribution in [2.24, 2.45) is 5.92 Å². The van der Waals surface area contributed by atoms with Crippen molar-refractivity contribution in [3.63, 3.8) is 0 Å². The molecule has 2 heterocycles. The van der Waals surface area contributed by atoms with Crippen molar-refractivity contribution in [3.8, 4) is 23.0 Å². The normalized spacial score (nSPS) is 15.6. The van der Waals surface area contributed by atoms with Crippen LogP contribution in [0.15, 0.2) is 42.5 Å². The van der Waals surface area contributed by atoms with Gasteiger partial charge >= 0.3 is 6.61 Å². The predicted octanol–water partition coefficient (Wildman–Crippen LogP) is 3.92. The van der Waals surface area contributed by atoms with Gasteiger partial charge in [-0.3, -0.25) is 9.59 Å². The van der Waals surface area contributed by atoms with Crippen molar-refractivity contribution in [2.45, 2.75) is 19.5 Å². The number of carbonyl (C=O) groups is 2. The summed E-state index contributed by atoms with van der Waals surface area (Å²) in [6.45, 7) is -1.89. The average molecular weight is 474 g/mol. The molecular weight excluding hydrogens is 450 g/mol. The maximum Gasteiger partial charge on any atom is 0.387 e. The molecule has 180 valence electrons. The second-order valence-corrected chi connectivity index (χ2v) is 7.78. The SMILES string of the molecule is COc1cc(C=CC(=O)N2CCC(C(=O)Nc3ccc4c(c3)OCO4)CC2)ccc1OC(F)F. The van der Waals surface area contributed by atoms with E-state index in [-0.39, 0.29) is 36.0 Å². The maximum atomic E-state index is 12.6. The van der Waals surface area contributed by atoms with E-state index in [1.54, 1.807) is 35.2 Å². The minimum Gasteiger partial charge on any atom is -0.493 e. The van der Waals surface area contributed by atoms with Gasteiger partial charge in [-0.05, 0) is 48.7 Å². The number of halogens is 2. The molecule has 2 aromatic carbocycles. The summed E-state index contributed by atoms with van der Waals surface area (Å²) in [5.74, 6) is 0.810. The summed E-state index contributed by atoms with van der Waals surface area (Å²) in [4.78, 5) is 26.9. The molecule has 0 radical (unpaired) electrons. The van der Waals surface area contributed by atoms with Crippen LogP contribution >= 0.6 is 0 Å². The van der Waals surface area contributed by atoms with Gasteiger partial charge in [0.1, 0.15) is 0 Å². The number of nitrogens with one attached hydrogen (secondary N) is 1. The third kappa shape index (κ3) is 5.56. The molecule has 8 nitrogen and oxygen atoms in total. The highest BCUT2D eigenvalue weighted by Crippen LogP contribution is 2.34. The molecule has 0 saturated carbocycles. The lowest BCUT2D eigenvalue weighted by Crippen LogP contribution is -2.40. The van der Waals surface area contributed by atoms with Crippen LogP contribution in [0, 0.1) is 5.92 Å². The first kappa shape index (κ1) is 23.3. The van der Waals surface area contributed by atoms with Crippen LogP contribution in [0.25, 0.3) is 6.08 Å². The second kappa shape index (κ2) is 10.4. The van der Waals surface area contributed by atoms with Crippen molar-refractivity contribution in [1.82, 2.24) is 4.90 Å². The Hall–Kier alpha value is -3.82. The highest BCUT2D eigenvalue weighted by atomic mass is 19.3. The number of ether oxygens (including phenoxy) is 4. The molecule has 0 aliphatic carbocycles. The second-order valence-electron chi connectivity index (χ2n) is 7.78. The number of benzene rings is 2. The van der Waals surface area contributed by atoms with E-state index in [1.165, 1.54) is 25.3 Å². The number of nitrogens with zero attached hydrogens (tertiary/aromatic N) is 1. The third-order valence-electron chi connectivity index (χ3n) is 5.64. The number of alkyl halides is 2. The largest absolute Gasteiger partial charge is 0.493 e. The molecule has 0 atom stereocenters. The van der Waals surface area contributed by atoms with E-state index in [1.807, 2.05) is 0 Å². The van der Waals surface area contributed by atoms with E-state index in [0.717, 1.165) is 0 Å². The number of anilines is 1. The number of amides is 2. The quantitative estimate of drug-likeness (QED) is 0.613. The number of carbonyl (C=O) groups excluding carboxylic acids is 2. The van der Waals surface area contributed by atoms with Gasteiger partial charge in [0.05, 0.1) is 7.11 Å². The molecule has 10 heteroatoms. The van der Waals surface area contributed by atoms with Crippen molar-refractivity contribution in [3.05, 3.63) is 48.0 Å². The van der Waals surface area contributed by atoms with Crippen molar-refractivity contribution in [1.29, 1.82) is 0 Å². The smallest absolute Gasteiger partial charge is 0.387 e. The van der Waals surface area contributed by atoms with Gasteiger partial charge in [0.25, 0.3) is 0 Å². The molecule has 2 aliphatic rings. The first-order valence-corrected chi connectivity index (χ1v) is 10.7. The Morgan fingerprint density at radius 2 is 1.85 bits per heavy atom. The van der Waals surface area contributed by atoms with Crippen LogP contribution < -0.4 is 24.3 Å². The number of likely N-dealkylation sites (tertiary alicyclic amines) is 1. The Morgan fingerprint density at radius 3 is 2.59 bits per heavy atom. The summed E-state index contributed by atoms with van der Waals surface area (Å²) in [6.07, 6.45) is 4.08. The number of piperidine rings is 1. The minimum atomic E-state index is -2.96. The van der Waals surface area contributed by atoms with Crippen LogP contribution in [0.5, 0.6) is 23.0 Å². The van der Waals surface area contributed by atoms with Gasteiger partial charge in [0, 0.05) is 36.8 Å². The molecule has 1 N–H and O–H groups in total. The summed E-state index contributed by atoms with van der Waals surface area (Å²) in [6, 6.07) is 9.66. The van der Waals surface area contributed by atoms with Crippen molar-refractivity contribution >= 4 is 23.6 Å². The standard InChI is InChI=1S/C24H24F2N2O6/c1-31-20-12-15(2-5-19(20)34-24(25)26)3-7-22(29)28-10-8-16(9-11-28)23(30)27-17-4-6-18-21(13-17)33-14-32-18/h2-7,12-13,16,24H,8-11,14H2,1H3,(H,27,30). The molecule has 34 heavy (non-hydrogen) atoms. The van der Waals surface area contributed by atoms with Crippen LogP contribution in [0.2, 0.25) is 0 Å². The Labute approximate surface area is 195 Å². The summed E-state index contributed by atoms with van der Waals surface area (Å²) in [5, 5.41) is 2.90. The molecular formula is C24H24F2N2O6. The number of rotatable bonds is 7. The van der Waals surface area contributed by atoms with Crippen molar-refractivity contribution < 1.29 is 37.3 Å². The predicted molar refractivity (Wildman–Crippen MR) is 119 cm³/mol. The van der Waals surface area contributed by atoms with Crippen molar-refractivity contribution in [2.75, 3.05) is 32.3 Å². The zero-order chi connectivity index (χ0) is 24.1. The van der Waals surface area contributed by atoms with Gasteiger partial charge in [-0.2, -0.15) is 8.78 Å². The summed E-state index contributed by atoms with van der Waals surface area (Å²) < 4.78 is 45.0. The van der Waals surface area contributed by atoms with Crippen LogP contribution in [0.3, 0.4) is 0 Å². The van der Waals surface area contributed by atoms with E-state index < -0.39 is 6.61 Å². The fraction of sp³-hybridized carbons (Fsp3) is 0.333. The molecule has 1 fully saturated rings. The first-order valence-electron chi connectivity index (χ1n) is 10.7. The number of methoxy groups -OCH3 is 1. The van der Waals surface area contributed by atoms with Gasteiger partial charge in [-0.1, -0.05) is 6.07 Å². The van der Waals surface area contributed by atoms with E-state index >= 15 is 0 Å². The molecule has 0 unspecified atom stereocenters. The van der Waals surface area contributed by atoms with Gasteiger partial charge in [0.2, 0.25) is 18.6 Å². The summed E-state index contributed by atoms with van der Waals surface area (Å²) >= 11 is 0. The van der Waals surface area contributed by atoms with Crippen LogP contribution in [-0.4, -0.2) is 50.3 Å². The van der Waals surface area contributed by atoms with Crippen LogP contribution in [0.4, 0.5) is 14.5 Å². The lowest BCUT2D eigenvalue weighted by atomic mass is 9.95. The molecule has 0 bridgehead atoms. The van der Waals surface area contributed by atoms with Gasteiger partial charge in [-0.25, -0.2) is 0 Å². The zero-order valence-corrected chi connectivity index (χ0v) is 18.5. The van der Waals surface area contributed by atoms with E-state index in [2.05, 4.69) is 10.1 Å².